The molecule has 18 heavy (non-hydrogen) atoms. The van der Waals surface area contributed by atoms with Crippen LogP contribution in [0.5, 0.6) is 0 Å². The van der Waals surface area contributed by atoms with Gasteiger partial charge in [-0.15, -0.1) is 11.3 Å². The molecule has 0 fully saturated rings. The van der Waals surface area contributed by atoms with Crippen LogP contribution in [0.3, 0.4) is 0 Å². The summed E-state index contributed by atoms with van der Waals surface area (Å²) in [5.74, 6) is 0.101. The van der Waals surface area contributed by atoms with Gasteiger partial charge in [0, 0.05) is 10.4 Å². The minimum absolute atomic E-state index is 0.101. The maximum Gasteiger partial charge on any atom is 0.122 e. The first kappa shape index (κ1) is 12.8. The fourth-order valence-electron chi connectivity index (χ4n) is 1.68. The molecule has 0 aliphatic heterocycles. The summed E-state index contributed by atoms with van der Waals surface area (Å²) in [5, 5.41) is 9.43. The third-order valence-corrected chi connectivity index (χ3v) is 3.59. The number of hydrogen-bond acceptors (Lipinski definition) is 3. The molecule has 0 aliphatic rings. The summed E-state index contributed by atoms with van der Waals surface area (Å²) in [4.78, 5) is 1.23. The molecule has 1 aromatic heterocycles. The highest BCUT2D eigenvalue weighted by Gasteiger charge is 2.03. The molecule has 3 N–H and O–H groups in total. The minimum Gasteiger partial charge on any atom is -0.384 e. The molecule has 94 valence electrons. The Labute approximate surface area is 111 Å². The van der Waals surface area contributed by atoms with Crippen LogP contribution in [-0.4, -0.2) is 5.84 Å². The van der Waals surface area contributed by atoms with E-state index in [0.717, 1.165) is 16.7 Å². The Kier molecular flexibility index (Phi) is 4.12. The largest absolute Gasteiger partial charge is 0.384 e. The van der Waals surface area contributed by atoms with Gasteiger partial charge < -0.3 is 10.5 Å². The fraction of sp³-hybridized carbons (Fsp3) is 0.214. The van der Waals surface area contributed by atoms with E-state index in [1.165, 1.54) is 4.88 Å². The molecule has 0 spiro atoms. The summed E-state index contributed by atoms with van der Waals surface area (Å²) in [7, 11) is 0. The first-order valence-corrected chi connectivity index (χ1v) is 6.59. The summed E-state index contributed by atoms with van der Waals surface area (Å²) in [6.45, 7) is 3.24. The highest BCUT2D eigenvalue weighted by molar-refractivity contribution is 7.09. The second-order valence-corrected chi connectivity index (χ2v) is 5.16. The number of nitrogens with two attached hydrogens (primary N) is 1. The zero-order valence-corrected chi connectivity index (χ0v) is 11.1. The highest BCUT2D eigenvalue weighted by Crippen LogP contribution is 2.15. The summed E-state index contributed by atoms with van der Waals surface area (Å²) >= 11 is 1.70. The normalized spacial score (nSPS) is 10.5. The quantitative estimate of drug-likeness (QED) is 0.641. The summed E-state index contributed by atoms with van der Waals surface area (Å²) in [6, 6.07) is 9.85. The van der Waals surface area contributed by atoms with E-state index in [9.17, 15) is 0 Å². The second-order valence-electron chi connectivity index (χ2n) is 4.13. The van der Waals surface area contributed by atoms with Crippen LogP contribution in [0.4, 0.5) is 0 Å². The minimum atomic E-state index is 0.101. The standard InChI is InChI=1S/C14H16N2OS/c1-10-7-11(14(15)16)4-5-12(10)8-17-9-13-3-2-6-18-13/h2-7H,8-9H2,1H3,(H3,15,16). The predicted molar refractivity (Wildman–Crippen MR) is 75.0 cm³/mol. The van der Waals surface area contributed by atoms with Gasteiger partial charge in [-0.05, 0) is 35.6 Å². The lowest BCUT2D eigenvalue weighted by Crippen LogP contribution is -2.11. The molecule has 0 bridgehead atoms. The summed E-state index contributed by atoms with van der Waals surface area (Å²) < 4.78 is 5.67. The zero-order valence-electron chi connectivity index (χ0n) is 10.3. The molecule has 0 saturated carbocycles. The van der Waals surface area contributed by atoms with Gasteiger partial charge in [-0.3, -0.25) is 5.41 Å². The van der Waals surface area contributed by atoms with Crippen LogP contribution >= 0.6 is 11.3 Å². The number of nitrogens with one attached hydrogen (secondary N) is 1. The molecular weight excluding hydrogens is 244 g/mol. The van der Waals surface area contributed by atoms with E-state index < -0.39 is 0 Å². The Morgan fingerprint density at radius 2 is 2.17 bits per heavy atom. The van der Waals surface area contributed by atoms with Crippen molar-refractivity contribution in [3.63, 3.8) is 0 Å². The molecule has 0 unspecified atom stereocenters. The monoisotopic (exact) mass is 260 g/mol. The van der Waals surface area contributed by atoms with Crippen molar-refractivity contribution in [3.8, 4) is 0 Å². The number of benzene rings is 1. The van der Waals surface area contributed by atoms with Crippen LogP contribution in [0.2, 0.25) is 0 Å². The van der Waals surface area contributed by atoms with Gasteiger partial charge in [-0.25, -0.2) is 0 Å². The van der Waals surface area contributed by atoms with E-state index in [-0.39, 0.29) is 5.84 Å². The maximum absolute atomic E-state index is 7.38. The lowest BCUT2D eigenvalue weighted by Gasteiger charge is -2.08. The van der Waals surface area contributed by atoms with E-state index in [1.54, 1.807) is 11.3 Å². The van der Waals surface area contributed by atoms with Crippen molar-refractivity contribution >= 4 is 17.2 Å². The Balaban J connectivity index is 1.95. The van der Waals surface area contributed by atoms with Crippen LogP contribution in [0.1, 0.15) is 21.6 Å². The number of nitrogen functional groups attached to an aromatic ring is 1. The van der Waals surface area contributed by atoms with E-state index in [4.69, 9.17) is 15.9 Å². The van der Waals surface area contributed by atoms with Crippen molar-refractivity contribution in [2.24, 2.45) is 5.73 Å². The van der Waals surface area contributed by atoms with Gasteiger partial charge in [0.2, 0.25) is 0 Å². The van der Waals surface area contributed by atoms with E-state index in [0.29, 0.717) is 13.2 Å². The zero-order chi connectivity index (χ0) is 13.0. The molecule has 1 aromatic carbocycles. The lowest BCUT2D eigenvalue weighted by molar-refractivity contribution is 0.109. The van der Waals surface area contributed by atoms with Gasteiger partial charge in [0.25, 0.3) is 0 Å². The Bertz CT molecular complexity index is 535. The molecule has 1 heterocycles. The van der Waals surface area contributed by atoms with Crippen molar-refractivity contribution in [1.29, 1.82) is 5.41 Å². The van der Waals surface area contributed by atoms with Crippen LogP contribution in [-0.2, 0) is 18.0 Å². The molecule has 0 amide bonds. The number of amidine groups is 1. The Hall–Kier alpha value is -1.65. The van der Waals surface area contributed by atoms with Crippen LogP contribution in [0, 0.1) is 12.3 Å². The number of ether oxygens (including phenoxy) is 1. The van der Waals surface area contributed by atoms with Gasteiger partial charge in [0.1, 0.15) is 5.84 Å². The van der Waals surface area contributed by atoms with E-state index in [2.05, 4.69) is 6.07 Å². The molecule has 2 aromatic rings. The average Bonchev–Trinajstić information content (AvgIpc) is 2.84. The van der Waals surface area contributed by atoms with Crippen molar-refractivity contribution in [2.45, 2.75) is 20.1 Å². The van der Waals surface area contributed by atoms with Crippen molar-refractivity contribution in [2.75, 3.05) is 0 Å². The number of aryl methyl sites for hydroxylation is 1. The van der Waals surface area contributed by atoms with Gasteiger partial charge >= 0.3 is 0 Å². The lowest BCUT2D eigenvalue weighted by atomic mass is 10.1. The van der Waals surface area contributed by atoms with Crippen LogP contribution in [0.15, 0.2) is 35.7 Å². The summed E-state index contributed by atoms with van der Waals surface area (Å²) in [6.07, 6.45) is 0. The average molecular weight is 260 g/mol. The molecule has 0 radical (unpaired) electrons. The predicted octanol–water partition coefficient (Wildman–Crippen LogP) is 3.06. The molecule has 3 nitrogen and oxygen atoms in total. The van der Waals surface area contributed by atoms with E-state index in [1.807, 2.05) is 36.6 Å². The van der Waals surface area contributed by atoms with Crippen LogP contribution < -0.4 is 5.73 Å². The number of hydrogen-bond donors (Lipinski definition) is 2. The Morgan fingerprint density at radius 1 is 1.33 bits per heavy atom. The smallest absolute Gasteiger partial charge is 0.122 e. The molecule has 0 atom stereocenters. The number of rotatable bonds is 5. The highest BCUT2D eigenvalue weighted by atomic mass is 32.1. The van der Waals surface area contributed by atoms with Gasteiger partial charge in [-0.1, -0.05) is 18.2 Å². The van der Waals surface area contributed by atoms with Crippen LogP contribution in [0.25, 0.3) is 0 Å². The molecule has 0 aliphatic carbocycles. The number of thiophene rings is 1. The van der Waals surface area contributed by atoms with Gasteiger partial charge in [-0.2, -0.15) is 0 Å². The second kappa shape index (κ2) is 5.80. The first-order chi connectivity index (χ1) is 8.66. The van der Waals surface area contributed by atoms with Crippen molar-refractivity contribution in [3.05, 3.63) is 57.3 Å². The topological polar surface area (TPSA) is 59.1 Å². The van der Waals surface area contributed by atoms with E-state index >= 15 is 0 Å². The third-order valence-electron chi connectivity index (χ3n) is 2.74. The summed E-state index contributed by atoms with van der Waals surface area (Å²) in [5.41, 5.74) is 8.45. The Morgan fingerprint density at radius 3 is 2.78 bits per heavy atom. The van der Waals surface area contributed by atoms with Gasteiger partial charge in [0.15, 0.2) is 0 Å². The fourth-order valence-corrected chi connectivity index (χ4v) is 2.32. The van der Waals surface area contributed by atoms with Gasteiger partial charge in [0.05, 0.1) is 13.2 Å². The molecule has 0 saturated heterocycles. The molecule has 4 heteroatoms. The molecular formula is C14H16N2OS. The van der Waals surface area contributed by atoms with Crippen molar-refractivity contribution < 1.29 is 4.74 Å². The van der Waals surface area contributed by atoms with Crippen molar-refractivity contribution in [1.82, 2.24) is 0 Å². The third kappa shape index (κ3) is 3.18. The SMILES string of the molecule is Cc1cc(C(=N)N)ccc1COCc1cccs1. The maximum atomic E-state index is 7.38. The molecule has 2 rings (SSSR count). The first-order valence-electron chi connectivity index (χ1n) is 5.71.